The summed E-state index contributed by atoms with van der Waals surface area (Å²) in [6.45, 7) is 6.21. The van der Waals surface area contributed by atoms with Crippen LogP contribution in [0.5, 0.6) is 5.75 Å². The van der Waals surface area contributed by atoms with E-state index in [2.05, 4.69) is 9.80 Å². The maximum Gasteiger partial charge on any atom is 0.277 e. The Kier molecular flexibility index (Phi) is 7.29. The van der Waals surface area contributed by atoms with E-state index in [0.29, 0.717) is 50.5 Å². The van der Waals surface area contributed by atoms with E-state index in [9.17, 15) is 9.59 Å². The standard InChI is InChI=1S/C26H31N3O4/c1-3-33-19-9-14-29-25(30)23(20-10-5-4-6-11-20)24(26(29)31)28-17-15-27(16-18-28)21-12-7-8-13-22(21)32-2/h4-8,10-13H,3,9,14-19H2,1-2H3. The molecule has 0 spiro atoms. The van der Waals surface area contributed by atoms with Crippen molar-refractivity contribution in [3.63, 3.8) is 0 Å². The quantitative estimate of drug-likeness (QED) is 0.433. The predicted octanol–water partition coefficient (Wildman–Crippen LogP) is 3.02. The number of hydrogen-bond donors (Lipinski definition) is 0. The van der Waals surface area contributed by atoms with Gasteiger partial charge in [-0.3, -0.25) is 14.5 Å². The van der Waals surface area contributed by atoms with Gasteiger partial charge in [-0.15, -0.1) is 0 Å². The second-order valence-electron chi connectivity index (χ2n) is 8.05. The monoisotopic (exact) mass is 449 g/mol. The zero-order valence-corrected chi connectivity index (χ0v) is 19.3. The lowest BCUT2D eigenvalue weighted by atomic mass is 10.0. The molecule has 0 saturated carbocycles. The summed E-state index contributed by atoms with van der Waals surface area (Å²) in [5, 5.41) is 0. The van der Waals surface area contributed by atoms with Crippen LogP contribution >= 0.6 is 0 Å². The Labute approximate surface area is 195 Å². The first-order valence-corrected chi connectivity index (χ1v) is 11.5. The lowest BCUT2D eigenvalue weighted by Crippen LogP contribution is -2.47. The van der Waals surface area contributed by atoms with Crippen LogP contribution in [0.2, 0.25) is 0 Å². The summed E-state index contributed by atoms with van der Waals surface area (Å²) in [7, 11) is 1.68. The fraction of sp³-hybridized carbons (Fsp3) is 0.385. The average molecular weight is 450 g/mol. The van der Waals surface area contributed by atoms with Gasteiger partial charge in [-0.25, -0.2) is 0 Å². The van der Waals surface area contributed by atoms with Gasteiger partial charge in [0.25, 0.3) is 11.8 Å². The molecule has 0 aromatic heterocycles. The molecule has 2 aromatic rings. The number of carbonyl (C=O) groups is 2. The highest BCUT2D eigenvalue weighted by Crippen LogP contribution is 2.34. The molecule has 7 nitrogen and oxygen atoms in total. The number of imide groups is 1. The Balaban J connectivity index is 1.56. The third-order valence-electron chi connectivity index (χ3n) is 6.10. The summed E-state index contributed by atoms with van der Waals surface area (Å²) in [6, 6.07) is 17.5. The summed E-state index contributed by atoms with van der Waals surface area (Å²) in [4.78, 5) is 32.5. The van der Waals surface area contributed by atoms with Crippen LogP contribution in [0.3, 0.4) is 0 Å². The van der Waals surface area contributed by atoms with Crippen molar-refractivity contribution in [3.05, 3.63) is 65.9 Å². The van der Waals surface area contributed by atoms with Gasteiger partial charge in [0, 0.05) is 45.9 Å². The minimum Gasteiger partial charge on any atom is -0.495 e. The molecule has 174 valence electrons. The van der Waals surface area contributed by atoms with Crippen LogP contribution in [-0.2, 0) is 14.3 Å². The first-order valence-electron chi connectivity index (χ1n) is 11.5. The molecule has 0 radical (unpaired) electrons. The number of carbonyl (C=O) groups excluding carboxylic acids is 2. The second kappa shape index (κ2) is 10.5. The number of nitrogens with zero attached hydrogens (tertiary/aromatic N) is 3. The largest absolute Gasteiger partial charge is 0.495 e. The number of para-hydroxylation sites is 2. The predicted molar refractivity (Wildman–Crippen MR) is 128 cm³/mol. The second-order valence-corrected chi connectivity index (χ2v) is 8.05. The molecule has 1 saturated heterocycles. The molecule has 0 unspecified atom stereocenters. The van der Waals surface area contributed by atoms with Gasteiger partial charge in [-0.2, -0.15) is 0 Å². The summed E-state index contributed by atoms with van der Waals surface area (Å²) in [5.74, 6) is 0.411. The molecule has 2 aliphatic rings. The third kappa shape index (κ3) is 4.73. The highest BCUT2D eigenvalue weighted by atomic mass is 16.5. The fourth-order valence-corrected chi connectivity index (χ4v) is 4.46. The van der Waals surface area contributed by atoms with Crippen LogP contribution in [0.4, 0.5) is 5.69 Å². The minimum atomic E-state index is -0.218. The van der Waals surface area contributed by atoms with Crippen molar-refractivity contribution in [3.8, 4) is 5.75 Å². The van der Waals surface area contributed by atoms with Gasteiger partial charge >= 0.3 is 0 Å². The van der Waals surface area contributed by atoms with Gasteiger partial charge in [0.2, 0.25) is 0 Å². The molecule has 2 heterocycles. The van der Waals surface area contributed by atoms with Gasteiger partial charge in [-0.05, 0) is 31.0 Å². The van der Waals surface area contributed by atoms with Gasteiger partial charge in [0.1, 0.15) is 11.4 Å². The maximum absolute atomic E-state index is 13.4. The number of amides is 2. The molecule has 0 aliphatic carbocycles. The number of anilines is 1. The molecule has 2 aliphatic heterocycles. The number of piperazine rings is 1. The van der Waals surface area contributed by atoms with Crippen molar-refractivity contribution in [2.24, 2.45) is 0 Å². The smallest absolute Gasteiger partial charge is 0.277 e. The van der Waals surface area contributed by atoms with E-state index in [4.69, 9.17) is 9.47 Å². The Morgan fingerprint density at radius 3 is 2.21 bits per heavy atom. The van der Waals surface area contributed by atoms with Crippen LogP contribution in [0.15, 0.2) is 60.3 Å². The molecule has 0 N–H and O–H groups in total. The van der Waals surface area contributed by atoms with E-state index < -0.39 is 0 Å². The zero-order valence-electron chi connectivity index (χ0n) is 19.3. The number of hydrogen-bond acceptors (Lipinski definition) is 6. The van der Waals surface area contributed by atoms with Crippen LogP contribution in [0.25, 0.3) is 5.57 Å². The Morgan fingerprint density at radius 1 is 0.848 bits per heavy atom. The van der Waals surface area contributed by atoms with Crippen molar-refractivity contribution in [1.29, 1.82) is 0 Å². The van der Waals surface area contributed by atoms with Crippen molar-refractivity contribution in [2.45, 2.75) is 13.3 Å². The first kappa shape index (κ1) is 22.9. The highest BCUT2D eigenvalue weighted by molar-refractivity contribution is 6.35. The average Bonchev–Trinajstić information content (AvgIpc) is 3.12. The Morgan fingerprint density at radius 2 is 1.52 bits per heavy atom. The van der Waals surface area contributed by atoms with E-state index in [1.54, 1.807) is 7.11 Å². The van der Waals surface area contributed by atoms with E-state index in [1.165, 1.54) is 4.90 Å². The van der Waals surface area contributed by atoms with Crippen LogP contribution in [0, 0.1) is 0 Å². The Hall–Kier alpha value is -3.32. The van der Waals surface area contributed by atoms with Crippen LogP contribution < -0.4 is 9.64 Å². The van der Waals surface area contributed by atoms with E-state index in [-0.39, 0.29) is 11.8 Å². The topological polar surface area (TPSA) is 62.3 Å². The fourth-order valence-electron chi connectivity index (χ4n) is 4.46. The number of ether oxygens (including phenoxy) is 2. The first-order chi connectivity index (χ1) is 16.2. The van der Waals surface area contributed by atoms with Crippen molar-refractivity contribution in [2.75, 3.05) is 57.9 Å². The van der Waals surface area contributed by atoms with Gasteiger partial charge < -0.3 is 19.3 Å². The van der Waals surface area contributed by atoms with Gasteiger partial charge in [-0.1, -0.05) is 42.5 Å². The molecule has 0 atom stereocenters. The lowest BCUT2D eigenvalue weighted by Gasteiger charge is -2.38. The summed E-state index contributed by atoms with van der Waals surface area (Å²) in [6.07, 6.45) is 0.627. The van der Waals surface area contributed by atoms with Crippen molar-refractivity contribution in [1.82, 2.24) is 9.80 Å². The zero-order chi connectivity index (χ0) is 23.2. The Bertz CT molecular complexity index is 1010. The normalized spacial score (nSPS) is 16.7. The summed E-state index contributed by atoms with van der Waals surface area (Å²) < 4.78 is 10.9. The number of methoxy groups -OCH3 is 1. The molecule has 2 aromatic carbocycles. The minimum absolute atomic E-state index is 0.207. The van der Waals surface area contributed by atoms with Gasteiger partial charge in [0.15, 0.2) is 0 Å². The number of rotatable bonds is 9. The molecule has 1 fully saturated rings. The highest BCUT2D eigenvalue weighted by Gasteiger charge is 2.41. The lowest BCUT2D eigenvalue weighted by molar-refractivity contribution is -0.137. The molecule has 4 rings (SSSR count). The number of benzene rings is 2. The molecule has 33 heavy (non-hydrogen) atoms. The van der Waals surface area contributed by atoms with Gasteiger partial charge in [0.05, 0.1) is 18.4 Å². The van der Waals surface area contributed by atoms with Crippen LogP contribution in [-0.4, -0.2) is 74.7 Å². The maximum atomic E-state index is 13.4. The van der Waals surface area contributed by atoms with E-state index in [1.807, 2.05) is 61.5 Å². The SMILES string of the molecule is CCOCCCN1C(=O)C(c2ccccc2)=C(N2CCN(c3ccccc3OC)CC2)C1=O. The summed E-state index contributed by atoms with van der Waals surface area (Å²) in [5.41, 5.74) is 2.85. The van der Waals surface area contributed by atoms with Crippen molar-refractivity contribution >= 4 is 23.1 Å². The third-order valence-corrected chi connectivity index (χ3v) is 6.10. The molecule has 0 bridgehead atoms. The van der Waals surface area contributed by atoms with E-state index in [0.717, 1.165) is 30.1 Å². The van der Waals surface area contributed by atoms with Crippen molar-refractivity contribution < 1.29 is 19.1 Å². The molecular weight excluding hydrogens is 418 g/mol. The van der Waals surface area contributed by atoms with E-state index >= 15 is 0 Å². The summed E-state index contributed by atoms with van der Waals surface area (Å²) >= 11 is 0. The molecule has 7 heteroatoms. The molecule has 2 amide bonds. The van der Waals surface area contributed by atoms with Crippen LogP contribution in [0.1, 0.15) is 18.9 Å². The molecular formula is C26H31N3O4.